The van der Waals surface area contributed by atoms with Gasteiger partial charge in [0.05, 0.1) is 19.5 Å². The predicted octanol–water partition coefficient (Wildman–Crippen LogP) is 2.05. The number of likely N-dealkylation sites (tertiary alicyclic amines) is 1. The monoisotopic (exact) mass is 408 g/mol. The first-order chi connectivity index (χ1) is 13.0. The van der Waals surface area contributed by atoms with Crippen molar-refractivity contribution < 1.29 is 14.3 Å². The van der Waals surface area contributed by atoms with Gasteiger partial charge in [0.1, 0.15) is 9.90 Å². The van der Waals surface area contributed by atoms with Crippen LogP contribution in [0.1, 0.15) is 16.1 Å². The van der Waals surface area contributed by atoms with Crippen LogP contribution in [-0.4, -0.2) is 57.9 Å². The summed E-state index contributed by atoms with van der Waals surface area (Å²) in [5.74, 6) is 0.180. The lowest BCUT2D eigenvalue weighted by atomic mass is 10.3. The summed E-state index contributed by atoms with van der Waals surface area (Å²) >= 11 is 7.05. The zero-order valence-corrected chi connectivity index (χ0v) is 16.0. The second-order valence-electron chi connectivity index (χ2n) is 5.65. The minimum atomic E-state index is -0.368. The van der Waals surface area contributed by atoms with Gasteiger partial charge >= 0.3 is 0 Å². The van der Waals surface area contributed by atoms with E-state index in [-0.39, 0.29) is 17.9 Å². The summed E-state index contributed by atoms with van der Waals surface area (Å²) in [5, 5.41) is 6.41. The SMILES string of the molecule is C=CC(=O)Nc1ncc(C(=O)N2CCC(Nc3ncc(Cl)c(OC)n3)C2)s1. The summed E-state index contributed by atoms with van der Waals surface area (Å²) in [5.41, 5.74) is 0. The van der Waals surface area contributed by atoms with Crippen LogP contribution in [-0.2, 0) is 4.79 Å². The number of nitrogens with zero attached hydrogens (tertiary/aromatic N) is 4. The molecule has 0 aliphatic carbocycles. The normalized spacial score (nSPS) is 16.1. The van der Waals surface area contributed by atoms with E-state index in [0.717, 1.165) is 23.8 Å². The summed E-state index contributed by atoms with van der Waals surface area (Å²) in [4.78, 5) is 38.5. The third-order valence-corrected chi connectivity index (χ3v) is 5.01. The van der Waals surface area contributed by atoms with Crippen molar-refractivity contribution in [2.45, 2.75) is 12.5 Å². The molecule has 3 heterocycles. The number of rotatable bonds is 6. The largest absolute Gasteiger partial charge is 0.480 e. The molecular formula is C16H17ClN6O3S. The fourth-order valence-electron chi connectivity index (χ4n) is 2.55. The molecule has 2 aromatic heterocycles. The lowest BCUT2D eigenvalue weighted by Crippen LogP contribution is -2.31. The van der Waals surface area contributed by atoms with E-state index >= 15 is 0 Å². The Kier molecular flexibility index (Phi) is 5.87. The standard InChI is InChI=1S/C16H17ClN6O3S/c1-3-12(24)21-16-19-7-11(27-16)14(25)23-5-4-9(8-23)20-15-18-6-10(17)13(22-15)26-2/h3,6-7,9H,1,4-5,8H2,2H3,(H,18,20,22)(H,19,21,24). The molecule has 0 aromatic carbocycles. The maximum absolute atomic E-state index is 12.6. The number of hydrogen-bond acceptors (Lipinski definition) is 8. The molecule has 0 saturated carbocycles. The highest BCUT2D eigenvalue weighted by Gasteiger charge is 2.28. The number of methoxy groups -OCH3 is 1. The minimum Gasteiger partial charge on any atom is -0.480 e. The Hall–Kier alpha value is -2.72. The third kappa shape index (κ3) is 4.52. The van der Waals surface area contributed by atoms with Gasteiger partial charge in [-0.25, -0.2) is 9.97 Å². The Bertz CT molecular complexity index is 874. The molecule has 9 nitrogen and oxygen atoms in total. The highest BCUT2D eigenvalue weighted by Crippen LogP contribution is 2.24. The first kappa shape index (κ1) is 19.1. The molecule has 0 bridgehead atoms. The summed E-state index contributed by atoms with van der Waals surface area (Å²) in [6.45, 7) is 4.47. The van der Waals surface area contributed by atoms with Crippen LogP contribution in [0.4, 0.5) is 11.1 Å². The number of ether oxygens (including phenoxy) is 1. The van der Waals surface area contributed by atoms with E-state index in [2.05, 4.69) is 32.2 Å². The van der Waals surface area contributed by atoms with Gasteiger partial charge in [0.15, 0.2) is 5.13 Å². The van der Waals surface area contributed by atoms with Crippen molar-refractivity contribution >= 4 is 45.8 Å². The van der Waals surface area contributed by atoms with Gasteiger partial charge in [0, 0.05) is 19.1 Å². The Morgan fingerprint density at radius 1 is 1.44 bits per heavy atom. The first-order valence-electron chi connectivity index (χ1n) is 8.01. The highest BCUT2D eigenvalue weighted by molar-refractivity contribution is 7.17. The molecule has 1 atom stereocenters. The summed E-state index contributed by atoms with van der Waals surface area (Å²) in [7, 11) is 1.48. The Morgan fingerprint density at radius 3 is 3.00 bits per heavy atom. The quantitative estimate of drug-likeness (QED) is 0.704. The molecule has 0 spiro atoms. The van der Waals surface area contributed by atoms with Crippen molar-refractivity contribution in [1.82, 2.24) is 19.9 Å². The molecule has 0 radical (unpaired) electrons. The molecule has 2 amide bonds. The number of carbonyl (C=O) groups is 2. The van der Waals surface area contributed by atoms with Crippen LogP contribution in [0.2, 0.25) is 5.02 Å². The smallest absolute Gasteiger partial charge is 0.265 e. The maximum Gasteiger partial charge on any atom is 0.265 e. The maximum atomic E-state index is 12.6. The number of amides is 2. The number of anilines is 2. The van der Waals surface area contributed by atoms with E-state index in [4.69, 9.17) is 16.3 Å². The molecule has 1 fully saturated rings. The molecule has 1 aliphatic heterocycles. The lowest BCUT2D eigenvalue weighted by molar-refractivity contribution is -0.111. The third-order valence-electron chi connectivity index (χ3n) is 3.85. The van der Waals surface area contributed by atoms with E-state index in [1.165, 1.54) is 19.5 Å². The van der Waals surface area contributed by atoms with Gasteiger partial charge in [-0.3, -0.25) is 14.9 Å². The second-order valence-corrected chi connectivity index (χ2v) is 7.09. The number of nitrogens with one attached hydrogen (secondary N) is 2. The van der Waals surface area contributed by atoms with Gasteiger partial charge in [0.25, 0.3) is 5.91 Å². The highest BCUT2D eigenvalue weighted by atomic mass is 35.5. The van der Waals surface area contributed by atoms with Gasteiger partial charge < -0.3 is 15.0 Å². The molecule has 11 heteroatoms. The molecule has 27 heavy (non-hydrogen) atoms. The topological polar surface area (TPSA) is 109 Å². The van der Waals surface area contributed by atoms with Crippen molar-refractivity contribution in [2.75, 3.05) is 30.8 Å². The minimum absolute atomic E-state index is 0.00712. The molecule has 1 saturated heterocycles. The molecule has 2 N–H and O–H groups in total. The van der Waals surface area contributed by atoms with Crippen molar-refractivity contribution in [3.63, 3.8) is 0 Å². The average molecular weight is 409 g/mol. The van der Waals surface area contributed by atoms with E-state index in [1.54, 1.807) is 4.90 Å². The van der Waals surface area contributed by atoms with Crippen LogP contribution < -0.4 is 15.4 Å². The van der Waals surface area contributed by atoms with E-state index in [9.17, 15) is 9.59 Å². The van der Waals surface area contributed by atoms with E-state index in [1.807, 2.05) is 0 Å². The van der Waals surface area contributed by atoms with Gasteiger partial charge in [-0.1, -0.05) is 29.5 Å². The Balaban J connectivity index is 1.59. The Labute approximate surface area is 164 Å². The van der Waals surface area contributed by atoms with Crippen LogP contribution in [0.15, 0.2) is 25.0 Å². The van der Waals surface area contributed by atoms with Crippen LogP contribution >= 0.6 is 22.9 Å². The number of thiazole rings is 1. The fraction of sp³-hybridized carbons (Fsp3) is 0.312. The van der Waals surface area contributed by atoms with E-state index in [0.29, 0.717) is 39.9 Å². The van der Waals surface area contributed by atoms with Crippen molar-refractivity contribution in [2.24, 2.45) is 0 Å². The van der Waals surface area contributed by atoms with Gasteiger partial charge in [-0.05, 0) is 12.5 Å². The molecule has 142 valence electrons. The van der Waals surface area contributed by atoms with Crippen LogP contribution in [0.3, 0.4) is 0 Å². The molecule has 2 aromatic rings. The summed E-state index contributed by atoms with van der Waals surface area (Å²) in [6, 6.07) is 0.00712. The number of aromatic nitrogens is 3. The van der Waals surface area contributed by atoms with Crippen LogP contribution in [0.25, 0.3) is 0 Å². The molecule has 1 aliphatic rings. The second kappa shape index (κ2) is 8.31. The molecule has 1 unspecified atom stereocenters. The van der Waals surface area contributed by atoms with Gasteiger partial charge in [-0.15, -0.1) is 0 Å². The number of halogens is 1. The van der Waals surface area contributed by atoms with Crippen LogP contribution in [0, 0.1) is 0 Å². The van der Waals surface area contributed by atoms with Crippen molar-refractivity contribution in [1.29, 1.82) is 0 Å². The zero-order chi connectivity index (χ0) is 19.4. The van der Waals surface area contributed by atoms with Crippen molar-refractivity contribution in [3.05, 3.63) is 34.9 Å². The average Bonchev–Trinajstić information content (AvgIpc) is 3.32. The molecule has 3 rings (SSSR count). The fourth-order valence-corrected chi connectivity index (χ4v) is 3.51. The number of hydrogen-bond donors (Lipinski definition) is 2. The van der Waals surface area contributed by atoms with Gasteiger partial charge in [0.2, 0.25) is 17.7 Å². The van der Waals surface area contributed by atoms with Crippen molar-refractivity contribution in [3.8, 4) is 5.88 Å². The lowest BCUT2D eigenvalue weighted by Gasteiger charge is -2.16. The number of carbonyl (C=O) groups excluding carboxylic acids is 2. The first-order valence-corrected chi connectivity index (χ1v) is 9.21. The Morgan fingerprint density at radius 2 is 2.26 bits per heavy atom. The predicted molar refractivity (Wildman–Crippen MR) is 102 cm³/mol. The van der Waals surface area contributed by atoms with Gasteiger partial charge in [-0.2, -0.15) is 4.98 Å². The van der Waals surface area contributed by atoms with Crippen LogP contribution in [0.5, 0.6) is 5.88 Å². The summed E-state index contributed by atoms with van der Waals surface area (Å²) in [6.07, 6.45) is 4.82. The molecular weight excluding hydrogens is 392 g/mol. The van der Waals surface area contributed by atoms with E-state index < -0.39 is 0 Å². The summed E-state index contributed by atoms with van der Waals surface area (Å²) < 4.78 is 5.08. The zero-order valence-electron chi connectivity index (χ0n) is 14.4.